The number of aromatic nitrogens is 1. The van der Waals surface area contributed by atoms with Crippen LogP contribution in [0.25, 0.3) is 5.57 Å². The minimum Gasteiger partial charge on any atom is -0.332 e. The van der Waals surface area contributed by atoms with E-state index in [9.17, 15) is 31.2 Å². The molecule has 1 aliphatic carbocycles. The molecule has 2 aliphatic rings. The van der Waals surface area contributed by atoms with E-state index in [1.807, 2.05) is 10.0 Å². The van der Waals surface area contributed by atoms with Gasteiger partial charge in [-0.3, -0.25) is 9.59 Å². The van der Waals surface area contributed by atoms with E-state index in [-0.39, 0.29) is 16.1 Å². The lowest BCUT2D eigenvalue weighted by atomic mass is 9.80. The number of aryl methyl sites for hydroxylation is 2. The lowest BCUT2D eigenvalue weighted by molar-refractivity contribution is -0.201. The van der Waals surface area contributed by atoms with Gasteiger partial charge in [-0.25, -0.2) is 18.1 Å². The third-order valence-corrected chi connectivity index (χ3v) is 10.1. The van der Waals surface area contributed by atoms with Crippen LogP contribution < -0.4 is 10.0 Å². The number of hydrogen-bond donors (Lipinski definition) is 2. The van der Waals surface area contributed by atoms with Gasteiger partial charge in [-0.2, -0.15) is 13.2 Å². The average Bonchev–Trinajstić information content (AvgIpc) is 3.62. The summed E-state index contributed by atoms with van der Waals surface area (Å²) in [6.07, 6.45) is 2.02. The summed E-state index contributed by atoms with van der Waals surface area (Å²) in [7, 11) is -4.04. The average molecular weight is 584 g/mol. The number of carbonyl (C=O) groups excluding carboxylic acids is 2. The van der Waals surface area contributed by atoms with Crippen LogP contribution in [0.15, 0.2) is 36.0 Å². The molecule has 2 aromatic rings. The molecule has 7 nitrogen and oxygen atoms in total. The van der Waals surface area contributed by atoms with Gasteiger partial charge in [0.05, 0.1) is 5.25 Å². The number of thiazole rings is 1. The summed E-state index contributed by atoms with van der Waals surface area (Å²) in [4.78, 5) is 31.2. The summed E-state index contributed by atoms with van der Waals surface area (Å²) in [5.41, 5.74) is -2.64. The third kappa shape index (κ3) is 6.37. The van der Waals surface area contributed by atoms with Crippen LogP contribution >= 0.6 is 11.3 Å². The van der Waals surface area contributed by atoms with Crippen LogP contribution in [0.1, 0.15) is 79.3 Å². The fraction of sp³-hybridized carbons (Fsp3) is 0.519. The second-order valence-corrected chi connectivity index (χ2v) is 13.3. The van der Waals surface area contributed by atoms with Gasteiger partial charge in [-0.1, -0.05) is 62.4 Å². The van der Waals surface area contributed by atoms with E-state index in [1.165, 1.54) is 18.3 Å². The molecule has 1 aliphatic heterocycles. The molecule has 0 saturated heterocycles. The van der Waals surface area contributed by atoms with Crippen molar-refractivity contribution in [3.63, 3.8) is 0 Å². The van der Waals surface area contributed by atoms with Gasteiger partial charge in [0.25, 0.3) is 11.8 Å². The van der Waals surface area contributed by atoms with Crippen LogP contribution in [0.2, 0.25) is 0 Å². The Balaban J connectivity index is 1.73. The molecule has 212 valence electrons. The highest BCUT2D eigenvalue weighted by molar-refractivity contribution is 7.91. The number of amides is 2. The Morgan fingerprint density at radius 2 is 1.82 bits per heavy atom. The number of rotatable bonds is 11. The lowest BCUT2D eigenvalue weighted by Gasteiger charge is -2.39. The van der Waals surface area contributed by atoms with Gasteiger partial charge in [-0.05, 0) is 43.7 Å². The molecule has 1 atom stereocenters. The van der Waals surface area contributed by atoms with E-state index in [0.29, 0.717) is 24.1 Å². The van der Waals surface area contributed by atoms with Crippen LogP contribution in [-0.2, 0) is 31.6 Å². The Morgan fingerprint density at radius 1 is 1.15 bits per heavy atom. The summed E-state index contributed by atoms with van der Waals surface area (Å²) in [6, 6.07) is 6.36. The van der Waals surface area contributed by atoms with E-state index in [0.717, 1.165) is 49.0 Å². The van der Waals surface area contributed by atoms with Gasteiger partial charge in [0.15, 0.2) is 5.54 Å². The molecule has 2 N–H and O–H groups in total. The monoisotopic (exact) mass is 583 g/mol. The molecule has 0 radical (unpaired) electrons. The number of nitrogens with zero attached hydrogens (tertiary/aromatic N) is 1. The first-order chi connectivity index (χ1) is 18.4. The van der Waals surface area contributed by atoms with E-state index in [1.54, 1.807) is 19.1 Å². The highest BCUT2D eigenvalue weighted by atomic mass is 32.2. The maximum atomic E-state index is 14.9. The van der Waals surface area contributed by atoms with Crippen molar-refractivity contribution in [1.82, 2.24) is 15.0 Å². The van der Waals surface area contributed by atoms with Crippen molar-refractivity contribution < 1.29 is 31.2 Å². The SMILES string of the molecule is CCCCCCCc1cnc(C2(C(F)(F)F)CC(c3ccc(C)cc3)=C(C(=O)NS(=O)(=O)C3CC3)C(=O)N2)s1. The predicted octanol–water partition coefficient (Wildman–Crippen LogP) is 5.30. The maximum Gasteiger partial charge on any atom is 0.418 e. The second-order valence-electron chi connectivity index (χ2n) is 10.2. The number of halogens is 3. The van der Waals surface area contributed by atoms with Crippen molar-refractivity contribution in [2.75, 3.05) is 0 Å². The van der Waals surface area contributed by atoms with E-state index >= 15 is 0 Å². The standard InChI is InChI=1S/C27H32F3N3O4S2/c1-3-4-5-6-7-8-19-16-31-25(38-19)26(27(28,29)30)15-21(18-11-9-17(2)10-12-18)22(23(34)32-26)24(35)33-39(36,37)20-13-14-20/h9-12,16,20H,3-8,13-15H2,1-2H3,(H,32,34)(H,33,35). The Kier molecular flexibility index (Phi) is 8.55. The van der Waals surface area contributed by atoms with Crippen molar-refractivity contribution in [1.29, 1.82) is 0 Å². The zero-order valence-corrected chi connectivity index (χ0v) is 23.5. The van der Waals surface area contributed by atoms with Gasteiger partial charge in [0, 0.05) is 17.5 Å². The molecule has 2 amide bonds. The first kappa shape index (κ1) is 29.3. The van der Waals surface area contributed by atoms with Crippen molar-refractivity contribution in [2.24, 2.45) is 0 Å². The van der Waals surface area contributed by atoms with Crippen LogP contribution in [0.5, 0.6) is 0 Å². The van der Waals surface area contributed by atoms with Crippen molar-refractivity contribution in [3.05, 3.63) is 57.0 Å². The molecule has 4 rings (SSSR count). The minimum absolute atomic E-state index is 0.184. The molecular weight excluding hydrogens is 551 g/mol. The molecule has 0 bridgehead atoms. The molecule has 1 aromatic heterocycles. The molecule has 1 aromatic carbocycles. The summed E-state index contributed by atoms with van der Waals surface area (Å²) in [6.45, 7) is 3.89. The Morgan fingerprint density at radius 3 is 2.44 bits per heavy atom. The Bertz CT molecular complexity index is 1360. The molecular formula is C27H32F3N3O4S2. The van der Waals surface area contributed by atoms with Crippen LogP contribution in [0, 0.1) is 6.92 Å². The molecule has 1 saturated carbocycles. The summed E-state index contributed by atoms with van der Waals surface area (Å²) < 4.78 is 71.3. The predicted molar refractivity (Wildman–Crippen MR) is 143 cm³/mol. The quantitative estimate of drug-likeness (QED) is 0.276. The van der Waals surface area contributed by atoms with Gasteiger partial charge >= 0.3 is 6.18 Å². The molecule has 39 heavy (non-hydrogen) atoms. The number of sulfonamides is 1. The number of benzene rings is 1. The van der Waals surface area contributed by atoms with Crippen molar-refractivity contribution in [2.45, 2.75) is 88.6 Å². The van der Waals surface area contributed by atoms with Crippen molar-refractivity contribution >= 4 is 38.7 Å². The molecule has 0 spiro atoms. The number of alkyl halides is 3. The largest absolute Gasteiger partial charge is 0.418 e. The van der Waals surface area contributed by atoms with Crippen LogP contribution in [0.3, 0.4) is 0 Å². The highest BCUT2D eigenvalue weighted by Crippen LogP contribution is 2.49. The van der Waals surface area contributed by atoms with Gasteiger partial charge in [0.1, 0.15) is 10.6 Å². The third-order valence-electron chi connectivity index (χ3n) is 7.05. The highest BCUT2D eigenvalue weighted by Gasteiger charge is 2.62. The normalized spacial score (nSPS) is 20.2. The van der Waals surface area contributed by atoms with E-state index < -0.39 is 50.8 Å². The maximum absolute atomic E-state index is 14.9. The van der Waals surface area contributed by atoms with E-state index in [4.69, 9.17) is 0 Å². The number of nitrogens with one attached hydrogen (secondary N) is 2. The van der Waals surface area contributed by atoms with Gasteiger partial charge in [-0.15, -0.1) is 11.3 Å². The van der Waals surface area contributed by atoms with Crippen LogP contribution in [-0.4, -0.2) is 36.6 Å². The zero-order valence-electron chi connectivity index (χ0n) is 21.9. The fourth-order valence-corrected chi connectivity index (χ4v) is 7.02. The first-order valence-corrected chi connectivity index (χ1v) is 15.4. The van der Waals surface area contributed by atoms with Crippen molar-refractivity contribution in [3.8, 4) is 0 Å². The minimum atomic E-state index is -4.95. The lowest BCUT2D eigenvalue weighted by Crippen LogP contribution is -2.60. The second kappa shape index (κ2) is 11.4. The number of hydrogen-bond acceptors (Lipinski definition) is 6. The number of carbonyl (C=O) groups is 2. The fourth-order valence-electron chi connectivity index (χ4n) is 4.62. The van der Waals surface area contributed by atoms with Gasteiger partial charge < -0.3 is 5.32 Å². The molecule has 1 fully saturated rings. The smallest absolute Gasteiger partial charge is 0.332 e. The number of unbranched alkanes of at least 4 members (excludes halogenated alkanes) is 4. The summed E-state index contributed by atoms with van der Waals surface area (Å²) in [5, 5.41) is 0.960. The van der Waals surface area contributed by atoms with E-state index in [2.05, 4.69) is 11.9 Å². The zero-order chi connectivity index (χ0) is 28.4. The first-order valence-electron chi connectivity index (χ1n) is 13.1. The molecule has 2 heterocycles. The summed E-state index contributed by atoms with van der Waals surface area (Å²) >= 11 is 0.898. The van der Waals surface area contributed by atoms with Gasteiger partial charge in [0.2, 0.25) is 10.0 Å². The Hall–Kier alpha value is -2.73. The van der Waals surface area contributed by atoms with Crippen LogP contribution in [0.4, 0.5) is 13.2 Å². The molecule has 1 unspecified atom stereocenters. The Labute approximate surface area is 230 Å². The molecule has 12 heteroatoms. The summed E-state index contributed by atoms with van der Waals surface area (Å²) in [5.74, 6) is -2.54. The topological polar surface area (TPSA) is 105 Å².